The summed E-state index contributed by atoms with van der Waals surface area (Å²) in [6, 6.07) is 35.8. The van der Waals surface area contributed by atoms with Gasteiger partial charge in [0.15, 0.2) is 0 Å². The molecule has 0 unspecified atom stereocenters. The van der Waals surface area contributed by atoms with Crippen molar-refractivity contribution in [2.45, 2.75) is 19.3 Å². The summed E-state index contributed by atoms with van der Waals surface area (Å²) in [6.07, 6.45) is 5.02. The number of allylic oxidation sites excluding steroid dienone is 1. The van der Waals surface area contributed by atoms with Crippen LogP contribution >= 0.6 is 0 Å². The molecule has 2 heterocycles. The van der Waals surface area contributed by atoms with Gasteiger partial charge in [0.05, 0.1) is 0 Å². The molecule has 4 aromatic carbocycles. The van der Waals surface area contributed by atoms with E-state index in [0.29, 0.717) is 6.54 Å². The number of aliphatic imine (C=N–C) groups is 1. The Labute approximate surface area is 211 Å². The van der Waals surface area contributed by atoms with E-state index in [1.54, 1.807) is 0 Å². The molecular formula is C33H28N2O. The van der Waals surface area contributed by atoms with Crippen LogP contribution < -0.4 is 4.74 Å². The molecule has 1 aromatic heterocycles. The Hall–Kier alpha value is -4.37. The minimum atomic E-state index is 0.0446. The zero-order chi connectivity index (χ0) is 24.3. The van der Waals surface area contributed by atoms with E-state index in [1.165, 1.54) is 33.2 Å². The van der Waals surface area contributed by atoms with Crippen LogP contribution in [0.2, 0.25) is 0 Å². The summed E-state index contributed by atoms with van der Waals surface area (Å²) in [5, 5.41) is 1.27. The maximum absolute atomic E-state index is 6.57. The van der Waals surface area contributed by atoms with Crippen molar-refractivity contribution in [2.24, 2.45) is 4.99 Å². The van der Waals surface area contributed by atoms with Gasteiger partial charge in [0.2, 0.25) is 0 Å². The first-order valence-corrected chi connectivity index (χ1v) is 12.5. The summed E-state index contributed by atoms with van der Waals surface area (Å²) in [5.74, 6) is 1.82. The van der Waals surface area contributed by atoms with Crippen molar-refractivity contribution >= 4 is 22.9 Å². The van der Waals surface area contributed by atoms with E-state index < -0.39 is 0 Å². The van der Waals surface area contributed by atoms with Gasteiger partial charge in [-0.1, -0.05) is 91.0 Å². The van der Waals surface area contributed by atoms with E-state index in [9.17, 15) is 0 Å². The zero-order valence-electron chi connectivity index (χ0n) is 20.3. The Kier molecular flexibility index (Phi) is 5.96. The van der Waals surface area contributed by atoms with Gasteiger partial charge in [-0.3, -0.25) is 4.99 Å². The lowest BCUT2D eigenvalue weighted by Gasteiger charge is -2.30. The van der Waals surface area contributed by atoms with Crippen LogP contribution in [-0.4, -0.2) is 17.7 Å². The van der Waals surface area contributed by atoms with Gasteiger partial charge < -0.3 is 9.72 Å². The highest BCUT2D eigenvalue weighted by molar-refractivity contribution is 5.94. The van der Waals surface area contributed by atoms with Gasteiger partial charge in [-0.15, -0.1) is 0 Å². The van der Waals surface area contributed by atoms with E-state index in [4.69, 9.17) is 9.73 Å². The largest absolute Gasteiger partial charge is 0.456 e. The number of hydrogen-bond donors (Lipinski definition) is 1. The lowest BCUT2D eigenvalue weighted by molar-refractivity contribution is 0.488. The van der Waals surface area contributed by atoms with Crippen LogP contribution in [0.25, 0.3) is 16.7 Å². The van der Waals surface area contributed by atoms with Gasteiger partial charge in [0.1, 0.15) is 11.5 Å². The van der Waals surface area contributed by atoms with Crippen LogP contribution in [0.4, 0.5) is 0 Å². The molecule has 0 saturated heterocycles. The van der Waals surface area contributed by atoms with Gasteiger partial charge in [-0.2, -0.15) is 0 Å². The van der Waals surface area contributed by atoms with E-state index >= 15 is 0 Å². The summed E-state index contributed by atoms with van der Waals surface area (Å²) in [4.78, 5) is 8.33. The molecule has 1 N–H and O–H groups in total. The molecule has 5 aromatic rings. The molecule has 0 radical (unpaired) electrons. The van der Waals surface area contributed by atoms with Crippen molar-refractivity contribution in [3.8, 4) is 5.75 Å². The van der Waals surface area contributed by atoms with Crippen molar-refractivity contribution < 1.29 is 4.74 Å². The Morgan fingerprint density at radius 2 is 1.53 bits per heavy atom. The molecule has 1 aliphatic rings. The summed E-state index contributed by atoms with van der Waals surface area (Å²) in [5.41, 5.74) is 8.32. The number of rotatable bonds is 6. The average Bonchev–Trinajstić information content (AvgIpc) is 3.34. The molecule has 176 valence electrons. The van der Waals surface area contributed by atoms with Crippen molar-refractivity contribution in [1.82, 2.24) is 4.98 Å². The van der Waals surface area contributed by atoms with Gasteiger partial charge >= 0.3 is 0 Å². The predicted molar refractivity (Wildman–Crippen MR) is 149 cm³/mol. The molecule has 6 rings (SSSR count). The van der Waals surface area contributed by atoms with Crippen LogP contribution in [0.3, 0.4) is 0 Å². The number of nitrogens with one attached hydrogen (secondary N) is 1. The third kappa shape index (κ3) is 4.14. The highest BCUT2D eigenvalue weighted by Gasteiger charge is 2.31. The molecule has 3 nitrogen and oxygen atoms in total. The van der Waals surface area contributed by atoms with Crippen LogP contribution in [0.1, 0.15) is 33.7 Å². The number of aromatic nitrogens is 1. The predicted octanol–water partition coefficient (Wildman–Crippen LogP) is 7.73. The summed E-state index contributed by atoms with van der Waals surface area (Å²) >= 11 is 0. The Balaban J connectivity index is 1.42. The number of aryl methyl sites for hydroxylation is 1. The number of H-pyrrole nitrogens is 1. The van der Waals surface area contributed by atoms with Gasteiger partial charge in [-0.25, -0.2) is 0 Å². The highest BCUT2D eigenvalue weighted by Crippen LogP contribution is 2.45. The number of benzene rings is 4. The maximum Gasteiger partial charge on any atom is 0.140 e. The minimum Gasteiger partial charge on any atom is -0.456 e. The van der Waals surface area contributed by atoms with Gasteiger partial charge in [0, 0.05) is 52.5 Å². The fourth-order valence-corrected chi connectivity index (χ4v) is 5.16. The molecule has 3 heteroatoms. The molecule has 0 bridgehead atoms. The monoisotopic (exact) mass is 468 g/mol. The summed E-state index contributed by atoms with van der Waals surface area (Å²) in [7, 11) is 0. The molecule has 0 fully saturated rings. The Bertz CT molecular complexity index is 1580. The number of para-hydroxylation sites is 2. The molecule has 0 saturated carbocycles. The minimum absolute atomic E-state index is 0.0446. The second-order valence-corrected chi connectivity index (χ2v) is 9.22. The first kappa shape index (κ1) is 22.1. The van der Waals surface area contributed by atoms with Crippen LogP contribution in [-0.2, 0) is 6.42 Å². The summed E-state index contributed by atoms with van der Waals surface area (Å²) in [6.45, 7) is 2.89. The van der Waals surface area contributed by atoms with Crippen LogP contribution in [0.15, 0.2) is 120 Å². The van der Waals surface area contributed by atoms with Gasteiger partial charge in [0.25, 0.3) is 0 Å². The van der Waals surface area contributed by atoms with Crippen LogP contribution in [0.5, 0.6) is 5.75 Å². The van der Waals surface area contributed by atoms with Gasteiger partial charge in [-0.05, 0) is 42.2 Å². The van der Waals surface area contributed by atoms with E-state index in [1.807, 2.05) is 18.3 Å². The van der Waals surface area contributed by atoms with Crippen molar-refractivity contribution in [1.29, 1.82) is 0 Å². The Morgan fingerprint density at radius 3 is 2.39 bits per heavy atom. The Morgan fingerprint density at radius 1 is 0.806 bits per heavy atom. The summed E-state index contributed by atoms with van der Waals surface area (Å²) < 4.78 is 6.57. The highest BCUT2D eigenvalue weighted by atomic mass is 16.5. The molecule has 1 atom stereocenters. The number of nitrogens with zero attached hydrogens (tertiary/aromatic N) is 1. The number of fused-ring (bicyclic) bond motifs is 2. The molecular weight excluding hydrogens is 440 g/mol. The fourth-order valence-electron chi connectivity index (χ4n) is 5.16. The lowest BCUT2D eigenvalue weighted by atomic mass is 9.80. The van der Waals surface area contributed by atoms with Crippen LogP contribution in [0, 0.1) is 6.92 Å². The molecule has 1 aliphatic heterocycles. The molecule has 0 amide bonds. The van der Waals surface area contributed by atoms with Crippen molar-refractivity contribution in [3.63, 3.8) is 0 Å². The lowest BCUT2D eigenvalue weighted by Crippen LogP contribution is -2.18. The smallest absolute Gasteiger partial charge is 0.140 e. The number of ether oxygens (including phenoxy) is 1. The number of aromatic amines is 1. The number of hydrogen-bond acceptors (Lipinski definition) is 2. The third-order valence-electron chi connectivity index (χ3n) is 6.97. The zero-order valence-corrected chi connectivity index (χ0v) is 20.3. The first-order valence-electron chi connectivity index (χ1n) is 12.5. The average molecular weight is 469 g/mol. The molecule has 0 spiro atoms. The van der Waals surface area contributed by atoms with E-state index in [2.05, 4.69) is 109 Å². The fraction of sp³-hybridized carbons (Fsp3) is 0.121. The van der Waals surface area contributed by atoms with E-state index in [-0.39, 0.29) is 5.92 Å². The van der Waals surface area contributed by atoms with E-state index in [0.717, 1.165) is 29.1 Å². The third-order valence-corrected chi connectivity index (χ3v) is 6.97. The normalized spacial score (nSPS) is 15.3. The SMILES string of the molecule is Cc1ccccc1[C@H]1C(C=NCCc2c[nH]c3ccccc23)=C(c2ccccc2)Oc2ccccc21. The molecule has 0 aliphatic carbocycles. The quantitative estimate of drug-likeness (QED) is 0.254. The standard InChI is InChI=1S/C33H28N2O/c1-23-11-5-6-14-26(23)32-28-16-8-10-18-31(28)36-33(24-12-3-2-4-13-24)29(32)22-34-20-19-25-21-35-30-17-9-7-15-27(25)30/h2-18,21-22,32,35H,19-20H2,1H3/t32-/m1/s1. The maximum atomic E-state index is 6.57. The van der Waals surface area contributed by atoms with Crippen molar-refractivity contribution in [3.05, 3.63) is 143 Å². The van der Waals surface area contributed by atoms with Crippen molar-refractivity contribution in [2.75, 3.05) is 6.54 Å². The second-order valence-electron chi connectivity index (χ2n) is 9.22. The molecule has 36 heavy (non-hydrogen) atoms. The second kappa shape index (κ2) is 9.71. The topological polar surface area (TPSA) is 37.4 Å². The first-order chi connectivity index (χ1) is 17.8.